The Bertz CT molecular complexity index is 946. The van der Waals surface area contributed by atoms with Gasteiger partial charge in [0.2, 0.25) is 24.1 Å². The SMILES string of the molecule is C#Cc1ccc(NC(=O)[C@@H]2CCCN2C(=O)/C(C)=C/C(C(C)C)N(C)C(=O)CNC=O)cc1. The molecule has 8 nitrogen and oxygen atoms in total. The van der Waals surface area contributed by atoms with Crippen LogP contribution in [-0.4, -0.2) is 66.2 Å². The largest absolute Gasteiger partial charge is 0.350 e. The summed E-state index contributed by atoms with van der Waals surface area (Å²) in [6, 6.07) is 6.06. The summed E-state index contributed by atoms with van der Waals surface area (Å²) in [5.41, 5.74) is 1.81. The first kappa shape index (κ1) is 25.7. The van der Waals surface area contributed by atoms with E-state index in [2.05, 4.69) is 16.6 Å². The molecule has 1 heterocycles. The van der Waals surface area contributed by atoms with E-state index in [9.17, 15) is 19.2 Å². The summed E-state index contributed by atoms with van der Waals surface area (Å²) in [7, 11) is 1.64. The molecule has 0 aliphatic carbocycles. The number of anilines is 1. The molecule has 1 aromatic carbocycles. The first-order valence-electron chi connectivity index (χ1n) is 11.0. The van der Waals surface area contributed by atoms with E-state index < -0.39 is 6.04 Å². The van der Waals surface area contributed by atoms with Crippen molar-refractivity contribution in [2.24, 2.45) is 5.92 Å². The van der Waals surface area contributed by atoms with Gasteiger partial charge in [0.05, 0.1) is 12.6 Å². The predicted octanol–water partition coefficient (Wildman–Crippen LogP) is 1.77. The van der Waals surface area contributed by atoms with Gasteiger partial charge < -0.3 is 20.4 Å². The van der Waals surface area contributed by atoms with Gasteiger partial charge in [-0.25, -0.2) is 0 Å². The molecule has 0 radical (unpaired) electrons. The van der Waals surface area contributed by atoms with Gasteiger partial charge in [-0.3, -0.25) is 19.2 Å². The standard InChI is InChI=1S/C25H32N4O4/c1-6-19-9-11-20(12-10-19)27-24(32)21-8-7-13-29(21)25(33)18(4)14-22(17(2)3)28(5)23(31)15-26-16-30/h1,9-12,14,16-17,21-22H,7-8,13,15H2,2-5H3,(H,26,30)(H,27,32)/b18-14+/t21-,22?/m0/s1. The first-order valence-corrected chi connectivity index (χ1v) is 11.0. The monoisotopic (exact) mass is 452 g/mol. The van der Waals surface area contributed by atoms with Gasteiger partial charge in [0.25, 0.3) is 0 Å². The molecule has 1 aliphatic rings. The smallest absolute Gasteiger partial charge is 0.249 e. The van der Waals surface area contributed by atoms with Crippen LogP contribution in [0.4, 0.5) is 5.69 Å². The average molecular weight is 453 g/mol. The fourth-order valence-corrected chi connectivity index (χ4v) is 3.88. The summed E-state index contributed by atoms with van der Waals surface area (Å²) in [6.45, 7) is 5.98. The maximum atomic E-state index is 13.2. The Balaban J connectivity index is 2.13. The Labute approximate surface area is 195 Å². The number of amides is 4. The third-order valence-electron chi connectivity index (χ3n) is 5.75. The fourth-order valence-electron chi connectivity index (χ4n) is 3.88. The van der Waals surface area contributed by atoms with Gasteiger partial charge in [0, 0.05) is 30.4 Å². The molecule has 0 spiro atoms. The second-order valence-corrected chi connectivity index (χ2v) is 8.46. The minimum Gasteiger partial charge on any atom is -0.350 e. The van der Waals surface area contributed by atoms with Crippen molar-refractivity contribution in [1.82, 2.24) is 15.1 Å². The molecule has 1 fully saturated rings. The lowest BCUT2D eigenvalue weighted by atomic mass is 9.99. The number of likely N-dealkylation sites (tertiary alicyclic amines) is 1. The van der Waals surface area contributed by atoms with Gasteiger partial charge in [0.1, 0.15) is 6.04 Å². The number of hydrogen-bond donors (Lipinski definition) is 2. The van der Waals surface area contributed by atoms with E-state index in [-0.39, 0.29) is 36.2 Å². The zero-order valence-corrected chi connectivity index (χ0v) is 19.6. The predicted molar refractivity (Wildman–Crippen MR) is 127 cm³/mol. The summed E-state index contributed by atoms with van der Waals surface area (Å²) in [4.78, 5) is 52.0. The second kappa shape index (κ2) is 11.9. The normalized spacial score (nSPS) is 16.7. The van der Waals surface area contributed by atoms with Crippen molar-refractivity contribution in [3.63, 3.8) is 0 Å². The van der Waals surface area contributed by atoms with E-state index >= 15 is 0 Å². The number of likely N-dealkylation sites (N-methyl/N-ethyl adjacent to an activating group) is 1. The molecule has 1 aromatic rings. The molecule has 33 heavy (non-hydrogen) atoms. The van der Waals surface area contributed by atoms with Crippen molar-refractivity contribution in [2.75, 3.05) is 25.5 Å². The van der Waals surface area contributed by atoms with Crippen molar-refractivity contribution in [3.05, 3.63) is 41.5 Å². The van der Waals surface area contributed by atoms with Gasteiger partial charge in [-0.1, -0.05) is 25.8 Å². The third kappa shape index (κ3) is 6.69. The molecule has 2 rings (SSSR count). The molecule has 0 saturated carbocycles. The van der Waals surface area contributed by atoms with E-state index in [4.69, 9.17) is 6.42 Å². The van der Waals surface area contributed by atoms with Crippen molar-refractivity contribution >= 4 is 29.8 Å². The van der Waals surface area contributed by atoms with Gasteiger partial charge in [-0.05, 0) is 49.9 Å². The third-order valence-corrected chi connectivity index (χ3v) is 5.75. The van der Waals surface area contributed by atoms with Crippen molar-refractivity contribution in [1.29, 1.82) is 0 Å². The van der Waals surface area contributed by atoms with Crippen LogP contribution in [-0.2, 0) is 19.2 Å². The molecule has 1 unspecified atom stereocenters. The van der Waals surface area contributed by atoms with E-state index in [0.717, 1.165) is 12.0 Å². The highest BCUT2D eigenvalue weighted by molar-refractivity contribution is 6.01. The molecule has 0 bridgehead atoms. The van der Waals surface area contributed by atoms with Crippen molar-refractivity contribution < 1.29 is 19.2 Å². The van der Waals surface area contributed by atoms with Gasteiger partial charge in [-0.15, -0.1) is 6.42 Å². The number of nitrogens with zero attached hydrogens (tertiary/aromatic N) is 2. The highest BCUT2D eigenvalue weighted by Gasteiger charge is 2.35. The van der Waals surface area contributed by atoms with Gasteiger partial charge in [0.15, 0.2) is 0 Å². The van der Waals surface area contributed by atoms with Crippen LogP contribution in [0.25, 0.3) is 0 Å². The number of terminal acetylenes is 1. The summed E-state index contributed by atoms with van der Waals surface area (Å²) >= 11 is 0. The van der Waals surface area contributed by atoms with E-state index in [1.165, 1.54) is 4.90 Å². The Kier molecular flexibility index (Phi) is 9.22. The maximum absolute atomic E-state index is 13.2. The van der Waals surface area contributed by atoms with Crippen LogP contribution >= 0.6 is 0 Å². The number of nitrogens with one attached hydrogen (secondary N) is 2. The number of hydrogen-bond acceptors (Lipinski definition) is 4. The molecule has 0 aromatic heterocycles. The molecule has 4 amide bonds. The Morgan fingerprint density at radius 3 is 2.52 bits per heavy atom. The molecule has 176 valence electrons. The molecule has 1 aliphatic heterocycles. The summed E-state index contributed by atoms with van der Waals surface area (Å²) < 4.78 is 0. The average Bonchev–Trinajstić information content (AvgIpc) is 3.30. The lowest BCUT2D eigenvalue weighted by molar-refractivity contribution is -0.133. The van der Waals surface area contributed by atoms with E-state index in [1.54, 1.807) is 49.2 Å². The van der Waals surface area contributed by atoms with Gasteiger partial charge >= 0.3 is 0 Å². The number of carbonyl (C=O) groups excluding carboxylic acids is 4. The number of rotatable bonds is 9. The Morgan fingerprint density at radius 1 is 1.27 bits per heavy atom. The van der Waals surface area contributed by atoms with Crippen LogP contribution in [0.15, 0.2) is 35.9 Å². The number of carbonyl (C=O) groups is 4. The highest BCUT2D eigenvalue weighted by atomic mass is 16.2. The number of benzene rings is 1. The van der Waals surface area contributed by atoms with Crippen molar-refractivity contribution in [3.8, 4) is 12.3 Å². The van der Waals surface area contributed by atoms with E-state index in [1.807, 2.05) is 13.8 Å². The van der Waals surface area contributed by atoms with Crippen LogP contribution in [0, 0.1) is 18.3 Å². The van der Waals surface area contributed by atoms with Crippen LogP contribution in [0.1, 0.15) is 39.2 Å². The molecule has 2 atom stereocenters. The molecular formula is C25H32N4O4. The van der Waals surface area contributed by atoms with Crippen molar-refractivity contribution in [2.45, 2.75) is 45.7 Å². The quantitative estimate of drug-likeness (QED) is 0.339. The van der Waals surface area contributed by atoms with Crippen LogP contribution in [0.5, 0.6) is 0 Å². The minimum atomic E-state index is -0.568. The summed E-state index contributed by atoms with van der Waals surface area (Å²) in [5, 5.41) is 5.23. The first-order chi connectivity index (χ1) is 15.7. The lowest BCUT2D eigenvalue weighted by Gasteiger charge is -2.30. The Morgan fingerprint density at radius 2 is 1.94 bits per heavy atom. The highest BCUT2D eigenvalue weighted by Crippen LogP contribution is 2.23. The molecule has 8 heteroatoms. The van der Waals surface area contributed by atoms with Crippen LogP contribution in [0.2, 0.25) is 0 Å². The topological polar surface area (TPSA) is 98.8 Å². The Hall–Kier alpha value is -3.60. The second-order valence-electron chi connectivity index (χ2n) is 8.46. The summed E-state index contributed by atoms with van der Waals surface area (Å²) in [5.74, 6) is 1.85. The summed E-state index contributed by atoms with van der Waals surface area (Å²) in [6.07, 6.45) is 8.91. The molecular weight excluding hydrogens is 420 g/mol. The van der Waals surface area contributed by atoms with Crippen LogP contribution in [0.3, 0.4) is 0 Å². The maximum Gasteiger partial charge on any atom is 0.249 e. The van der Waals surface area contributed by atoms with Crippen LogP contribution < -0.4 is 10.6 Å². The fraction of sp³-hybridized carbons (Fsp3) is 0.440. The zero-order valence-electron chi connectivity index (χ0n) is 19.6. The van der Waals surface area contributed by atoms with E-state index in [0.29, 0.717) is 30.6 Å². The van der Waals surface area contributed by atoms with Gasteiger partial charge in [-0.2, -0.15) is 0 Å². The lowest BCUT2D eigenvalue weighted by Crippen LogP contribution is -2.45. The minimum absolute atomic E-state index is 0.0431. The molecule has 2 N–H and O–H groups in total. The molecule has 1 saturated heterocycles. The zero-order chi connectivity index (χ0) is 24.5.